The van der Waals surface area contributed by atoms with Crippen molar-refractivity contribution in [1.29, 1.82) is 0 Å². The Kier molecular flexibility index (Phi) is 6.92. The van der Waals surface area contributed by atoms with Gasteiger partial charge in [0, 0.05) is 38.4 Å². The summed E-state index contributed by atoms with van der Waals surface area (Å²) in [6, 6.07) is 5.28. The molecule has 0 saturated carbocycles. The monoisotopic (exact) mass is 400 g/mol. The van der Waals surface area contributed by atoms with Gasteiger partial charge in [0.15, 0.2) is 0 Å². The van der Waals surface area contributed by atoms with E-state index in [1.807, 2.05) is 32.0 Å². The number of nitrogens with one attached hydrogen (secondary N) is 2. The summed E-state index contributed by atoms with van der Waals surface area (Å²) in [5.41, 5.74) is 4.18. The number of hydrogen-bond acceptors (Lipinski definition) is 5. The summed E-state index contributed by atoms with van der Waals surface area (Å²) in [6.07, 6.45) is 0. The molecule has 1 aromatic rings. The van der Waals surface area contributed by atoms with Crippen LogP contribution < -0.4 is 10.6 Å². The lowest BCUT2D eigenvalue weighted by molar-refractivity contribution is -0.139. The van der Waals surface area contributed by atoms with Gasteiger partial charge in [-0.05, 0) is 38.4 Å². The van der Waals surface area contributed by atoms with E-state index < -0.39 is 6.04 Å². The molecule has 2 heterocycles. The summed E-state index contributed by atoms with van der Waals surface area (Å²) in [5, 5.41) is 5.82. The Bertz CT molecular complexity index is 797. The molecule has 158 valence electrons. The third-order valence-corrected chi connectivity index (χ3v) is 5.69. The minimum absolute atomic E-state index is 0.286. The van der Waals surface area contributed by atoms with E-state index in [0.29, 0.717) is 17.8 Å². The van der Waals surface area contributed by atoms with Crippen molar-refractivity contribution in [3.63, 3.8) is 0 Å². The van der Waals surface area contributed by atoms with Gasteiger partial charge in [-0.25, -0.2) is 9.59 Å². The summed E-state index contributed by atoms with van der Waals surface area (Å²) in [4.78, 5) is 30.1. The Balaban J connectivity index is 1.96. The van der Waals surface area contributed by atoms with Crippen LogP contribution in [0.25, 0.3) is 0 Å². The Labute approximate surface area is 173 Å². The molecule has 1 aromatic carbocycles. The predicted octanol–water partition coefficient (Wildman–Crippen LogP) is 2.11. The van der Waals surface area contributed by atoms with Gasteiger partial charge in [0.25, 0.3) is 0 Å². The van der Waals surface area contributed by atoms with E-state index in [-0.39, 0.29) is 18.6 Å². The predicted molar refractivity (Wildman–Crippen MR) is 113 cm³/mol. The molecule has 7 heteroatoms. The third kappa shape index (κ3) is 4.97. The van der Waals surface area contributed by atoms with E-state index in [1.165, 1.54) is 0 Å². The molecule has 0 aliphatic carbocycles. The number of likely N-dealkylation sites (N-methyl/N-ethyl adjacent to an activating group) is 1. The fraction of sp³-hybridized carbons (Fsp3) is 0.545. The van der Waals surface area contributed by atoms with Crippen LogP contribution in [-0.4, -0.2) is 67.7 Å². The number of nitrogens with zero attached hydrogens (tertiary/aromatic N) is 2. The number of esters is 1. The van der Waals surface area contributed by atoms with Crippen molar-refractivity contribution in [2.45, 2.75) is 33.7 Å². The van der Waals surface area contributed by atoms with Crippen LogP contribution >= 0.6 is 0 Å². The van der Waals surface area contributed by atoms with E-state index in [1.54, 1.807) is 6.92 Å². The van der Waals surface area contributed by atoms with Crippen molar-refractivity contribution >= 4 is 12.0 Å². The first-order valence-corrected chi connectivity index (χ1v) is 10.4. The molecular formula is C22H32N4O3. The van der Waals surface area contributed by atoms with Gasteiger partial charge in [-0.2, -0.15) is 0 Å². The number of amides is 2. The van der Waals surface area contributed by atoms with Crippen LogP contribution in [0.1, 0.15) is 36.6 Å². The number of rotatable bonds is 6. The maximum Gasteiger partial charge on any atom is 0.338 e. The first-order valence-electron chi connectivity index (χ1n) is 10.4. The zero-order valence-electron chi connectivity index (χ0n) is 17.9. The fourth-order valence-corrected chi connectivity index (χ4v) is 3.98. The van der Waals surface area contributed by atoms with Crippen LogP contribution in [0.3, 0.4) is 0 Å². The molecule has 1 unspecified atom stereocenters. The smallest absolute Gasteiger partial charge is 0.338 e. The number of benzene rings is 1. The van der Waals surface area contributed by atoms with Gasteiger partial charge in [-0.1, -0.05) is 30.7 Å². The quantitative estimate of drug-likeness (QED) is 0.716. The maximum absolute atomic E-state index is 12.9. The average Bonchev–Trinajstić information content (AvgIpc) is 2.70. The van der Waals surface area contributed by atoms with Crippen LogP contribution in [0.5, 0.6) is 0 Å². The zero-order valence-corrected chi connectivity index (χ0v) is 17.9. The minimum Gasteiger partial charge on any atom is -0.463 e. The lowest BCUT2D eigenvalue weighted by Gasteiger charge is -2.36. The largest absolute Gasteiger partial charge is 0.463 e. The second-order valence-corrected chi connectivity index (χ2v) is 7.71. The number of aryl methyl sites for hydroxylation is 2. The average molecular weight is 401 g/mol. The Morgan fingerprint density at radius 2 is 1.83 bits per heavy atom. The highest BCUT2D eigenvalue weighted by molar-refractivity contribution is 5.95. The Morgan fingerprint density at radius 3 is 2.48 bits per heavy atom. The van der Waals surface area contributed by atoms with E-state index in [9.17, 15) is 9.59 Å². The third-order valence-electron chi connectivity index (χ3n) is 5.69. The van der Waals surface area contributed by atoms with E-state index in [0.717, 1.165) is 49.4 Å². The molecule has 1 atom stereocenters. The molecule has 0 aromatic heterocycles. The molecule has 2 amide bonds. The molecule has 1 fully saturated rings. The summed E-state index contributed by atoms with van der Waals surface area (Å²) in [5.74, 6) is -0.381. The first-order chi connectivity index (χ1) is 13.9. The highest BCUT2D eigenvalue weighted by Crippen LogP contribution is 2.31. The summed E-state index contributed by atoms with van der Waals surface area (Å²) < 4.78 is 5.38. The Hall–Kier alpha value is -2.38. The fourth-order valence-electron chi connectivity index (χ4n) is 3.98. The maximum atomic E-state index is 12.9. The van der Waals surface area contributed by atoms with Crippen molar-refractivity contribution in [3.8, 4) is 0 Å². The van der Waals surface area contributed by atoms with Gasteiger partial charge in [0.05, 0.1) is 18.2 Å². The molecule has 0 spiro atoms. The van der Waals surface area contributed by atoms with Crippen LogP contribution in [-0.2, 0) is 9.53 Å². The summed E-state index contributed by atoms with van der Waals surface area (Å²) in [7, 11) is 0. The van der Waals surface area contributed by atoms with Gasteiger partial charge in [-0.15, -0.1) is 0 Å². The van der Waals surface area contributed by atoms with E-state index in [4.69, 9.17) is 4.74 Å². The number of hydrogen-bond donors (Lipinski definition) is 2. The van der Waals surface area contributed by atoms with Crippen LogP contribution in [0.2, 0.25) is 0 Å². The first kappa shape index (κ1) is 21.3. The van der Waals surface area contributed by atoms with Crippen molar-refractivity contribution in [2.75, 3.05) is 45.9 Å². The number of carbonyl (C=O) groups excluding carboxylic acids is 2. The van der Waals surface area contributed by atoms with Crippen molar-refractivity contribution in [1.82, 2.24) is 20.4 Å². The van der Waals surface area contributed by atoms with Gasteiger partial charge < -0.3 is 20.3 Å². The molecule has 3 rings (SSSR count). The molecule has 0 bridgehead atoms. The number of piperazine rings is 1. The normalized spacial score (nSPS) is 21.0. The number of urea groups is 1. The molecule has 2 aliphatic heterocycles. The molecule has 2 N–H and O–H groups in total. The number of carbonyl (C=O) groups is 2. The van der Waals surface area contributed by atoms with Crippen molar-refractivity contribution < 1.29 is 14.3 Å². The van der Waals surface area contributed by atoms with Crippen molar-refractivity contribution in [2.24, 2.45) is 0 Å². The highest BCUT2D eigenvalue weighted by atomic mass is 16.5. The standard InChI is InChI=1S/C22H32N4O3/c1-5-25-9-11-26(12-10-25)14-18-19(21(27)29-6-2)20(24-22(28)23-18)17-13-15(3)7-8-16(17)4/h7-8,13,20H,5-6,9-12,14H2,1-4H3,(H2,23,24,28). The van der Waals surface area contributed by atoms with E-state index in [2.05, 4.69) is 27.4 Å². The van der Waals surface area contributed by atoms with E-state index >= 15 is 0 Å². The summed E-state index contributed by atoms with van der Waals surface area (Å²) in [6.45, 7) is 13.6. The molecule has 7 nitrogen and oxygen atoms in total. The van der Waals surface area contributed by atoms with Gasteiger partial charge in [0.2, 0.25) is 0 Å². The lowest BCUT2D eigenvalue weighted by Crippen LogP contribution is -2.51. The molecule has 1 saturated heterocycles. The Morgan fingerprint density at radius 1 is 1.14 bits per heavy atom. The second-order valence-electron chi connectivity index (χ2n) is 7.71. The molecule has 29 heavy (non-hydrogen) atoms. The minimum atomic E-state index is -0.519. The van der Waals surface area contributed by atoms with Gasteiger partial charge in [0.1, 0.15) is 0 Å². The molecular weight excluding hydrogens is 368 g/mol. The number of ether oxygens (including phenoxy) is 1. The SMILES string of the molecule is CCOC(=O)C1=C(CN2CCN(CC)CC2)NC(=O)NC1c1cc(C)ccc1C. The summed E-state index contributed by atoms with van der Waals surface area (Å²) >= 11 is 0. The highest BCUT2D eigenvalue weighted by Gasteiger charge is 2.35. The topological polar surface area (TPSA) is 73.9 Å². The lowest BCUT2D eigenvalue weighted by atomic mass is 9.91. The second kappa shape index (κ2) is 9.41. The van der Waals surface area contributed by atoms with Crippen LogP contribution in [0.15, 0.2) is 29.5 Å². The van der Waals surface area contributed by atoms with Gasteiger partial charge >= 0.3 is 12.0 Å². The van der Waals surface area contributed by atoms with Crippen LogP contribution in [0.4, 0.5) is 4.79 Å². The zero-order chi connectivity index (χ0) is 21.0. The van der Waals surface area contributed by atoms with Crippen LogP contribution in [0, 0.1) is 13.8 Å². The van der Waals surface area contributed by atoms with Gasteiger partial charge in [-0.3, -0.25) is 4.90 Å². The molecule has 0 radical (unpaired) electrons. The van der Waals surface area contributed by atoms with Crippen molar-refractivity contribution in [3.05, 3.63) is 46.2 Å². The molecule has 2 aliphatic rings.